The Balaban J connectivity index is 2.03. The highest BCUT2D eigenvalue weighted by Crippen LogP contribution is 2.33. The van der Waals surface area contributed by atoms with Gasteiger partial charge in [-0.2, -0.15) is 0 Å². The van der Waals surface area contributed by atoms with Crippen molar-refractivity contribution >= 4 is 17.3 Å². The van der Waals surface area contributed by atoms with Crippen molar-refractivity contribution < 1.29 is 0 Å². The third-order valence-electron chi connectivity index (χ3n) is 3.47. The summed E-state index contributed by atoms with van der Waals surface area (Å²) in [6, 6.07) is 6.02. The van der Waals surface area contributed by atoms with E-state index in [1.165, 1.54) is 25.7 Å². The summed E-state index contributed by atoms with van der Waals surface area (Å²) < 4.78 is 2.15. The van der Waals surface area contributed by atoms with Gasteiger partial charge in [0, 0.05) is 22.3 Å². The fourth-order valence-corrected chi connectivity index (χ4v) is 2.88. The van der Waals surface area contributed by atoms with Gasteiger partial charge in [0.15, 0.2) is 5.82 Å². The Morgan fingerprint density at radius 2 is 2.00 bits per heavy atom. The third-order valence-corrected chi connectivity index (χ3v) is 3.69. The lowest BCUT2D eigenvalue weighted by Gasteiger charge is -2.14. The first-order chi connectivity index (χ1) is 8.74. The number of hydrogen-bond donors (Lipinski definition) is 1. The molecule has 1 saturated carbocycles. The van der Waals surface area contributed by atoms with Gasteiger partial charge in [0.25, 0.3) is 0 Å². The van der Waals surface area contributed by atoms with Gasteiger partial charge in [-0.25, -0.2) is 0 Å². The van der Waals surface area contributed by atoms with Crippen LogP contribution in [0, 0.1) is 0 Å². The highest BCUT2D eigenvalue weighted by molar-refractivity contribution is 6.31. The average molecular weight is 263 g/mol. The van der Waals surface area contributed by atoms with Crippen LogP contribution in [0.4, 0.5) is 5.69 Å². The van der Waals surface area contributed by atoms with E-state index in [0.29, 0.717) is 16.8 Å². The standard InChI is InChI=1S/C13H15ClN4/c14-10-5-9(6-11(15)7-10)13-17-16-8-18(13)12-3-1-2-4-12/h5-8,12H,1-4,15H2. The molecular formula is C13H15ClN4. The lowest BCUT2D eigenvalue weighted by atomic mass is 10.1. The third kappa shape index (κ3) is 2.08. The van der Waals surface area contributed by atoms with E-state index in [9.17, 15) is 0 Å². The molecule has 5 heteroatoms. The molecule has 0 aliphatic heterocycles. The topological polar surface area (TPSA) is 56.7 Å². The quantitative estimate of drug-likeness (QED) is 0.845. The molecule has 0 atom stereocenters. The van der Waals surface area contributed by atoms with Gasteiger partial charge in [-0.3, -0.25) is 0 Å². The van der Waals surface area contributed by atoms with Crippen molar-refractivity contribution in [2.45, 2.75) is 31.7 Å². The monoisotopic (exact) mass is 262 g/mol. The van der Waals surface area contributed by atoms with Crippen molar-refractivity contribution in [3.8, 4) is 11.4 Å². The van der Waals surface area contributed by atoms with Crippen LogP contribution in [-0.4, -0.2) is 14.8 Å². The summed E-state index contributed by atoms with van der Waals surface area (Å²) in [5, 5.41) is 8.87. The number of rotatable bonds is 2. The number of hydrogen-bond acceptors (Lipinski definition) is 3. The first kappa shape index (κ1) is 11.5. The van der Waals surface area contributed by atoms with Gasteiger partial charge < -0.3 is 10.3 Å². The summed E-state index contributed by atoms with van der Waals surface area (Å²) in [5.74, 6) is 0.858. The molecule has 0 radical (unpaired) electrons. The van der Waals surface area contributed by atoms with E-state index >= 15 is 0 Å². The van der Waals surface area contributed by atoms with Crippen LogP contribution in [-0.2, 0) is 0 Å². The molecule has 0 bridgehead atoms. The van der Waals surface area contributed by atoms with E-state index in [1.54, 1.807) is 6.07 Å². The number of nitrogen functional groups attached to an aromatic ring is 1. The fraction of sp³-hybridized carbons (Fsp3) is 0.385. The summed E-state index contributed by atoms with van der Waals surface area (Å²) in [5.41, 5.74) is 7.41. The van der Waals surface area contributed by atoms with Gasteiger partial charge in [-0.05, 0) is 31.0 Å². The van der Waals surface area contributed by atoms with E-state index in [4.69, 9.17) is 17.3 Å². The summed E-state index contributed by atoms with van der Waals surface area (Å²) in [6.45, 7) is 0. The van der Waals surface area contributed by atoms with Crippen LogP contribution in [0.1, 0.15) is 31.7 Å². The Bertz CT molecular complexity index is 538. The molecule has 1 aromatic carbocycles. The zero-order chi connectivity index (χ0) is 12.5. The molecule has 0 amide bonds. The normalized spacial score (nSPS) is 16.3. The van der Waals surface area contributed by atoms with Crippen molar-refractivity contribution in [1.29, 1.82) is 0 Å². The SMILES string of the molecule is Nc1cc(Cl)cc(-c2nncn2C2CCCC2)c1. The highest BCUT2D eigenvalue weighted by Gasteiger charge is 2.20. The van der Waals surface area contributed by atoms with Gasteiger partial charge in [-0.1, -0.05) is 24.4 Å². The second-order valence-electron chi connectivity index (χ2n) is 4.77. The molecule has 0 spiro atoms. The lowest BCUT2D eigenvalue weighted by molar-refractivity contribution is 0.522. The van der Waals surface area contributed by atoms with Crippen LogP contribution in [0.15, 0.2) is 24.5 Å². The van der Waals surface area contributed by atoms with Crippen molar-refractivity contribution in [3.63, 3.8) is 0 Å². The van der Waals surface area contributed by atoms with Crippen molar-refractivity contribution in [2.75, 3.05) is 5.73 Å². The molecular weight excluding hydrogens is 248 g/mol. The minimum Gasteiger partial charge on any atom is -0.399 e. The predicted molar refractivity (Wildman–Crippen MR) is 72.4 cm³/mol. The minimum atomic E-state index is 0.509. The molecule has 1 heterocycles. The molecule has 1 fully saturated rings. The maximum absolute atomic E-state index is 6.04. The van der Waals surface area contributed by atoms with Gasteiger partial charge in [0.05, 0.1) is 0 Å². The molecule has 0 unspecified atom stereocenters. The van der Waals surface area contributed by atoms with E-state index in [-0.39, 0.29) is 0 Å². The Morgan fingerprint density at radius 3 is 2.72 bits per heavy atom. The van der Waals surface area contributed by atoms with E-state index in [1.807, 2.05) is 18.5 Å². The molecule has 18 heavy (non-hydrogen) atoms. The maximum atomic E-state index is 6.04. The zero-order valence-electron chi connectivity index (χ0n) is 10.0. The molecule has 3 rings (SSSR count). The van der Waals surface area contributed by atoms with Crippen molar-refractivity contribution in [3.05, 3.63) is 29.5 Å². The van der Waals surface area contributed by atoms with Crippen molar-refractivity contribution in [1.82, 2.24) is 14.8 Å². The lowest BCUT2D eigenvalue weighted by Crippen LogP contribution is -2.05. The number of nitrogens with zero attached hydrogens (tertiary/aromatic N) is 3. The van der Waals surface area contributed by atoms with Crippen LogP contribution in [0.3, 0.4) is 0 Å². The Morgan fingerprint density at radius 1 is 1.22 bits per heavy atom. The van der Waals surface area contributed by atoms with Crippen LogP contribution in [0.5, 0.6) is 0 Å². The molecule has 0 saturated heterocycles. The Labute approximate surface area is 111 Å². The molecule has 1 aliphatic rings. The number of anilines is 1. The molecule has 2 aromatic rings. The van der Waals surface area contributed by atoms with Gasteiger partial charge in [-0.15, -0.1) is 10.2 Å². The molecule has 2 N–H and O–H groups in total. The first-order valence-electron chi connectivity index (χ1n) is 6.20. The molecule has 1 aliphatic carbocycles. The second kappa shape index (κ2) is 4.61. The van der Waals surface area contributed by atoms with E-state index in [0.717, 1.165) is 11.4 Å². The summed E-state index contributed by atoms with van der Waals surface area (Å²) in [6.07, 6.45) is 6.75. The Hall–Kier alpha value is -1.55. The zero-order valence-corrected chi connectivity index (χ0v) is 10.8. The molecule has 1 aromatic heterocycles. The second-order valence-corrected chi connectivity index (χ2v) is 5.21. The highest BCUT2D eigenvalue weighted by atomic mass is 35.5. The number of halogens is 1. The molecule has 4 nitrogen and oxygen atoms in total. The minimum absolute atomic E-state index is 0.509. The summed E-state index contributed by atoms with van der Waals surface area (Å²) >= 11 is 6.04. The van der Waals surface area contributed by atoms with Gasteiger partial charge in [0.1, 0.15) is 6.33 Å². The fourth-order valence-electron chi connectivity index (χ4n) is 2.64. The van der Waals surface area contributed by atoms with Crippen molar-refractivity contribution in [2.24, 2.45) is 0 Å². The van der Waals surface area contributed by atoms with Crippen LogP contribution < -0.4 is 5.73 Å². The summed E-state index contributed by atoms with van der Waals surface area (Å²) in [4.78, 5) is 0. The Kier molecular flexibility index (Phi) is 2.96. The van der Waals surface area contributed by atoms with E-state index < -0.39 is 0 Å². The maximum Gasteiger partial charge on any atom is 0.164 e. The number of aromatic nitrogens is 3. The number of nitrogens with two attached hydrogens (primary N) is 1. The largest absolute Gasteiger partial charge is 0.399 e. The first-order valence-corrected chi connectivity index (χ1v) is 6.58. The average Bonchev–Trinajstić information content (AvgIpc) is 2.98. The van der Waals surface area contributed by atoms with Crippen LogP contribution in [0.2, 0.25) is 5.02 Å². The summed E-state index contributed by atoms with van der Waals surface area (Å²) in [7, 11) is 0. The van der Waals surface area contributed by atoms with E-state index in [2.05, 4.69) is 14.8 Å². The molecule has 94 valence electrons. The number of benzene rings is 1. The van der Waals surface area contributed by atoms with Gasteiger partial charge in [0.2, 0.25) is 0 Å². The van der Waals surface area contributed by atoms with Crippen LogP contribution in [0.25, 0.3) is 11.4 Å². The van der Waals surface area contributed by atoms with Crippen LogP contribution >= 0.6 is 11.6 Å². The van der Waals surface area contributed by atoms with Gasteiger partial charge >= 0.3 is 0 Å². The smallest absolute Gasteiger partial charge is 0.164 e. The predicted octanol–water partition coefficient (Wildman–Crippen LogP) is 3.30.